The molecular formula is C11H15FO2. The van der Waals surface area contributed by atoms with Gasteiger partial charge in [-0.1, -0.05) is 19.1 Å². The molecule has 0 heterocycles. The molecule has 0 aliphatic heterocycles. The summed E-state index contributed by atoms with van der Waals surface area (Å²) in [6.45, 7) is 5.07. The van der Waals surface area contributed by atoms with Crippen LogP contribution in [0.5, 0.6) is 0 Å². The molecule has 3 heteroatoms. The molecule has 0 atom stereocenters. The summed E-state index contributed by atoms with van der Waals surface area (Å²) in [6, 6.07) is 0. The second-order valence-electron chi connectivity index (χ2n) is 2.84. The van der Waals surface area contributed by atoms with Crippen LogP contribution >= 0.6 is 0 Å². The van der Waals surface area contributed by atoms with E-state index < -0.39 is 11.8 Å². The molecule has 0 aromatic carbocycles. The molecule has 0 aromatic rings. The topological polar surface area (TPSA) is 37.3 Å². The predicted molar refractivity (Wildman–Crippen MR) is 54.6 cm³/mol. The highest BCUT2D eigenvalue weighted by Crippen LogP contribution is 2.14. The van der Waals surface area contributed by atoms with E-state index in [0.717, 1.165) is 12.5 Å². The molecule has 0 spiro atoms. The third-order valence-corrected chi connectivity index (χ3v) is 1.73. The summed E-state index contributed by atoms with van der Waals surface area (Å²) in [4.78, 5) is 10.5. The number of carboxylic acid groups (broad SMARTS) is 1. The number of allylic oxidation sites excluding steroid dienone is 4. The number of aliphatic carboxylic acids is 1. The van der Waals surface area contributed by atoms with E-state index >= 15 is 0 Å². The molecule has 1 N–H and O–H groups in total. The Kier molecular flexibility index (Phi) is 5.53. The van der Waals surface area contributed by atoms with Gasteiger partial charge in [0, 0.05) is 0 Å². The van der Waals surface area contributed by atoms with Crippen molar-refractivity contribution in [2.75, 3.05) is 0 Å². The Morgan fingerprint density at radius 2 is 2.07 bits per heavy atom. The molecule has 0 fully saturated rings. The maximum absolute atomic E-state index is 13.3. The molecule has 0 rings (SSSR count). The highest BCUT2D eigenvalue weighted by Gasteiger charge is 2.05. The van der Waals surface area contributed by atoms with Crippen LogP contribution in [0.2, 0.25) is 0 Å². The first-order valence-electron chi connectivity index (χ1n) is 4.46. The molecule has 0 aromatic heterocycles. The summed E-state index contributed by atoms with van der Waals surface area (Å²) in [5.41, 5.74) is 0.430. The highest BCUT2D eigenvalue weighted by atomic mass is 19.1. The zero-order valence-electron chi connectivity index (χ0n) is 8.67. The average molecular weight is 198 g/mol. The third kappa shape index (κ3) is 4.03. The summed E-state index contributed by atoms with van der Waals surface area (Å²) < 4.78 is 13.3. The van der Waals surface area contributed by atoms with Crippen LogP contribution in [0.4, 0.5) is 4.39 Å². The van der Waals surface area contributed by atoms with Gasteiger partial charge in [0.1, 0.15) is 5.83 Å². The molecule has 0 radical (unpaired) electrons. The standard InChI is InChI=1S/C11H15FO2/c1-4-6-8(3)10(12)7-9(5-2)11(13)14/h5-7H,4H2,1-3H3,(H,13,14)/b8-6+,9-5+,10-7+. The van der Waals surface area contributed by atoms with Crippen molar-refractivity contribution in [3.05, 3.63) is 35.2 Å². The van der Waals surface area contributed by atoms with Gasteiger partial charge in [0.05, 0.1) is 5.57 Å². The summed E-state index contributed by atoms with van der Waals surface area (Å²) >= 11 is 0. The number of hydrogen-bond donors (Lipinski definition) is 1. The van der Waals surface area contributed by atoms with Crippen molar-refractivity contribution in [3.63, 3.8) is 0 Å². The van der Waals surface area contributed by atoms with Gasteiger partial charge in [-0.2, -0.15) is 0 Å². The van der Waals surface area contributed by atoms with Crippen LogP contribution in [0.3, 0.4) is 0 Å². The van der Waals surface area contributed by atoms with Crippen LogP contribution < -0.4 is 0 Å². The van der Waals surface area contributed by atoms with Gasteiger partial charge in [-0.25, -0.2) is 9.18 Å². The molecule has 2 nitrogen and oxygen atoms in total. The van der Waals surface area contributed by atoms with Crippen molar-refractivity contribution in [1.82, 2.24) is 0 Å². The summed E-state index contributed by atoms with van der Waals surface area (Å²) in [5, 5.41) is 8.63. The summed E-state index contributed by atoms with van der Waals surface area (Å²) in [5.74, 6) is -1.62. The first-order valence-corrected chi connectivity index (χ1v) is 4.46. The SMILES string of the molecule is C\C=C(/C=C(F)\C(C)=C\CC)C(=O)O. The number of carbonyl (C=O) groups is 1. The van der Waals surface area contributed by atoms with Gasteiger partial charge >= 0.3 is 5.97 Å². The van der Waals surface area contributed by atoms with E-state index in [1.165, 1.54) is 6.08 Å². The van der Waals surface area contributed by atoms with Crippen molar-refractivity contribution < 1.29 is 14.3 Å². The first-order chi connectivity index (χ1) is 6.52. The van der Waals surface area contributed by atoms with E-state index in [9.17, 15) is 9.18 Å². The van der Waals surface area contributed by atoms with Crippen LogP contribution in [-0.2, 0) is 4.79 Å². The minimum absolute atomic E-state index is 0.0358. The zero-order valence-corrected chi connectivity index (χ0v) is 8.67. The Morgan fingerprint density at radius 3 is 2.43 bits per heavy atom. The molecule has 0 saturated heterocycles. The van der Waals surface area contributed by atoms with E-state index in [1.54, 1.807) is 19.9 Å². The van der Waals surface area contributed by atoms with E-state index in [4.69, 9.17) is 5.11 Å². The van der Waals surface area contributed by atoms with Gasteiger partial charge < -0.3 is 5.11 Å². The van der Waals surface area contributed by atoms with Crippen molar-refractivity contribution >= 4 is 5.97 Å². The molecule has 0 amide bonds. The fraction of sp³-hybridized carbons (Fsp3) is 0.364. The number of carboxylic acids is 1. The fourth-order valence-electron chi connectivity index (χ4n) is 0.923. The van der Waals surface area contributed by atoms with Crippen LogP contribution in [0.15, 0.2) is 35.2 Å². The van der Waals surface area contributed by atoms with Crippen molar-refractivity contribution in [3.8, 4) is 0 Å². The normalized spacial score (nSPS) is 14.4. The minimum Gasteiger partial charge on any atom is -0.478 e. The monoisotopic (exact) mass is 198 g/mol. The Bertz CT molecular complexity index is 298. The maximum atomic E-state index is 13.3. The largest absolute Gasteiger partial charge is 0.478 e. The van der Waals surface area contributed by atoms with E-state index in [1.807, 2.05) is 6.92 Å². The Morgan fingerprint density at radius 1 is 1.50 bits per heavy atom. The van der Waals surface area contributed by atoms with Crippen molar-refractivity contribution in [2.24, 2.45) is 0 Å². The third-order valence-electron chi connectivity index (χ3n) is 1.73. The summed E-state index contributed by atoms with van der Waals surface area (Å²) in [7, 11) is 0. The molecule has 78 valence electrons. The Labute approximate surface area is 83.4 Å². The molecule has 0 aliphatic rings. The van der Waals surface area contributed by atoms with Crippen LogP contribution in [0.1, 0.15) is 27.2 Å². The molecule has 0 aliphatic carbocycles. The average Bonchev–Trinajstić information content (AvgIpc) is 2.13. The molecule has 0 bridgehead atoms. The fourth-order valence-corrected chi connectivity index (χ4v) is 0.923. The predicted octanol–water partition coefficient (Wildman–Crippen LogP) is 3.23. The van der Waals surface area contributed by atoms with E-state index in [0.29, 0.717) is 5.57 Å². The Balaban J connectivity index is 4.83. The zero-order chi connectivity index (χ0) is 11.1. The van der Waals surface area contributed by atoms with Crippen LogP contribution in [-0.4, -0.2) is 11.1 Å². The van der Waals surface area contributed by atoms with Crippen molar-refractivity contribution in [2.45, 2.75) is 27.2 Å². The highest BCUT2D eigenvalue weighted by molar-refractivity contribution is 5.89. The number of rotatable bonds is 4. The molecular weight excluding hydrogens is 183 g/mol. The van der Waals surface area contributed by atoms with Crippen LogP contribution in [0, 0.1) is 0 Å². The lowest BCUT2D eigenvalue weighted by Crippen LogP contribution is -1.97. The lowest BCUT2D eigenvalue weighted by Gasteiger charge is -1.98. The van der Waals surface area contributed by atoms with E-state index in [2.05, 4.69) is 0 Å². The van der Waals surface area contributed by atoms with Crippen LogP contribution in [0.25, 0.3) is 0 Å². The lowest BCUT2D eigenvalue weighted by atomic mass is 10.1. The summed E-state index contributed by atoms with van der Waals surface area (Å²) in [6.07, 6.45) is 4.83. The maximum Gasteiger partial charge on any atom is 0.335 e. The second kappa shape index (κ2) is 6.13. The van der Waals surface area contributed by atoms with Gasteiger partial charge in [0.25, 0.3) is 0 Å². The molecule has 0 unspecified atom stereocenters. The molecule has 0 saturated carbocycles. The lowest BCUT2D eigenvalue weighted by molar-refractivity contribution is -0.132. The smallest absolute Gasteiger partial charge is 0.335 e. The van der Waals surface area contributed by atoms with Gasteiger partial charge in [-0.3, -0.25) is 0 Å². The van der Waals surface area contributed by atoms with Gasteiger partial charge in [-0.05, 0) is 31.9 Å². The number of hydrogen-bond acceptors (Lipinski definition) is 1. The Hall–Kier alpha value is -1.38. The quantitative estimate of drug-likeness (QED) is 0.556. The van der Waals surface area contributed by atoms with Gasteiger partial charge in [0.2, 0.25) is 0 Å². The second-order valence-corrected chi connectivity index (χ2v) is 2.84. The minimum atomic E-state index is -1.12. The number of halogens is 1. The first kappa shape index (κ1) is 12.6. The molecule has 14 heavy (non-hydrogen) atoms. The van der Waals surface area contributed by atoms with Gasteiger partial charge in [0.15, 0.2) is 0 Å². The van der Waals surface area contributed by atoms with E-state index in [-0.39, 0.29) is 5.57 Å². The van der Waals surface area contributed by atoms with Crippen molar-refractivity contribution in [1.29, 1.82) is 0 Å². The van der Waals surface area contributed by atoms with Gasteiger partial charge in [-0.15, -0.1) is 0 Å².